The summed E-state index contributed by atoms with van der Waals surface area (Å²) >= 11 is 6.54. The van der Waals surface area contributed by atoms with Gasteiger partial charge in [-0.05, 0) is 43.6 Å². The summed E-state index contributed by atoms with van der Waals surface area (Å²) < 4.78 is 0. The predicted molar refractivity (Wildman–Crippen MR) is 61.7 cm³/mol. The molecule has 0 aliphatic heterocycles. The zero-order valence-electron chi connectivity index (χ0n) is 8.81. The molecule has 0 aromatic carbocycles. The molecule has 0 saturated heterocycles. The Hall–Kier alpha value is 0.247. The summed E-state index contributed by atoms with van der Waals surface area (Å²) in [6, 6.07) is 0. The molecule has 3 atom stereocenters. The number of hydrogen-bond donors (Lipinski definition) is 0. The molecule has 2 saturated carbocycles. The Morgan fingerprint density at radius 1 is 1.38 bits per heavy atom. The van der Waals surface area contributed by atoms with Crippen LogP contribution in [0.25, 0.3) is 0 Å². The van der Waals surface area contributed by atoms with Crippen molar-refractivity contribution < 1.29 is 0 Å². The number of fused-ring (bicyclic) bond motifs is 2. The molecule has 0 radical (unpaired) electrons. The summed E-state index contributed by atoms with van der Waals surface area (Å²) in [4.78, 5) is 0. The summed E-state index contributed by atoms with van der Waals surface area (Å²) in [5, 5.41) is 0. The molecule has 0 spiro atoms. The molecule has 2 aliphatic carbocycles. The van der Waals surface area contributed by atoms with Crippen LogP contribution in [-0.2, 0) is 0 Å². The normalized spacial score (nSPS) is 41.8. The van der Waals surface area contributed by atoms with Gasteiger partial charge >= 0.3 is 0 Å². The van der Waals surface area contributed by atoms with E-state index in [1.165, 1.54) is 19.3 Å². The number of rotatable bonds is 1. The summed E-state index contributed by atoms with van der Waals surface area (Å²) in [7, 11) is -1.38. The second-order valence-corrected chi connectivity index (χ2v) is 12.0. The van der Waals surface area contributed by atoms with E-state index in [9.17, 15) is 0 Å². The van der Waals surface area contributed by atoms with Crippen molar-refractivity contribution in [2.75, 3.05) is 0 Å². The van der Waals surface area contributed by atoms with Gasteiger partial charge in [0.25, 0.3) is 0 Å². The van der Waals surface area contributed by atoms with E-state index in [1.807, 2.05) is 0 Å². The first kappa shape index (κ1) is 9.79. The van der Waals surface area contributed by atoms with Crippen LogP contribution < -0.4 is 0 Å². The molecule has 3 unspecified atom stereocenters. The molecule has 13 heavy (non-hydrogen) atoms. The first-order valence-corrected chi connectivity index (χ1v) is 9.45. The lowest BCUT2D eigenvalue weighted by atomic mass is 9.94. The van der Waals surface area contributed by atoms with Gasteiger partial charge < -0.3 is 0 Å². The molecule has 2 fully saturated rings. The van der Waals surface area contributed by atoms with Gasteiger partial charge in [0.2, 0.25) is 0 Å². The van der Waals surface area contributed by atoms with Crippen LogP contribution in [0.1, 0.15) is 26.2 Å². The van der Waals surface area contributed by atoms with Gasteiger partial charge in [0.15, 0.2) is 7.38 Å². The minimum atomic E-state index is -1.38. The van der Waals surface area contributed by atoms with E-state index in [0.717, 1.165) is 17.4 Å². The Balaban J connectivity index is 2.12. The lowest BCUT2D eigenvalue weighted by Gasteiger charge is -2.31. The van der Waals surface area contributed by atoms with Gasteiger partial charge in [-0.3, -0.25) is 0 Å². The third-order valence-electron chi connectivity index (χ3n) is 3.97. The van der Waals surface area contributed by atoms with Crippen LogP contribution >= 0.6 is 11.1 Å². The zero-order valence-corrected chi connectivity index (χ0v) is 10.6. The van der Waals surface area contributed by atoms with Crippen molar-refractivity contribution in [2.24, 2.45) is 11.8 Å². The molecule has 2 bridgehead atoms. The van der Waals surface area contributed by atoms with E-state index in [4.69, 9.17) is 11.1 Å². The third kappa shape index (κ3) is 1.61. The fourth-order valence-electron chi connectivity index (χ4n) is 3.32. The highest BCUT2D eigenvalue weighted by atomic mass is 35.6. The SMILES string of the molecule is CC=C1CC2CC1CC2[Si](C)(C)Cl. The minimum absolute atomic E-state index is 0.892. The quantitative estimate of drug-likeness (QED) is 0.349. The molecule has 0 heterocycles. The third-order valence-corrected chi connectivity index (χ3v) is 7.28. The molecule has 0 aromatic rings. The summed E-state index contributed by atoms with van der Waals surface area (Å²) in [6.07, 6.45) is 6.53. The van der Waals surface area contributed by atoms with Gasteiger partial charge in [-0.2, -0.15) is 11.1 Å². The van der Waals surface area contributed by atoms with Crippen molar-refractivity contribution in [3.05, 3.63) is 11.6 Å². The number of allylic oxidation sites excluding steroid dienone is 2. The van der Waals surface area contributed by atoms with E-state index in [1.54, 1.807) is 5.57 Å². The molecule has 74 valence electrons. The average Bonchev–Trinajstić information content (AvgIpc) is 2.59. The van der Waals surface area contributed by atoms with Gasteiger partial charge in [0, 0.05) is 0 Å². The summed E-state index contributed by atoms with van der Waals surface area (Å²) in [5.74, 6) is 1.85. The predicted octanol–water partition coefficient (Wildman–Crippen LogP) is 4.18. The fourth-order valence-corrected chi connectivity index (χ4v) is 6.34. The van der Waals surface area contributed by atoms with Crippen molar-refractivity contribution >= 4 is 18.5 Å². The Bertz CT molecular complexity index is 239. The lowest BCUT2D eigenvalue weighted by Crippen LogP contribution is -2.29. The molecule has 2 heteroatoms. The Morgan fingerprint density at radius 2 is 2.08 bits per heavy atom. The Kier molecular flexibility index (Phi) is 2.36. The van der Waals surface area contributed by atoms with Crippen LogP contribution in [0.3, 0.4) is 0 Å². The highest BCUT2D eigenvalue weighted by Gasteiger charge is 2.48. The molecule has 0 amide bonds. The van der Waals surface area contributed by atoms with Gasteiger partial charge in [0.05, 0.1) is 0 Å². The van der Waals surface area contributed by atoms with Crippen LogP contribution in [0, 0.1) is 11.8 Å². The highest BCUT2D eigenvalue weighted by Crippen LogP contribution is 2.58. The summed E-state index contributed by atoms with van der Waals surface area (Å²) in [6.45, 7) is 6.82. The minimum Gasteiger partial charge on any atom is -0.167 e. The smallest absolute Gasteiger partial charge is 0.153 e. The van der Waals surface area contributed by atoms with Crippen molar-refractivity contribution in [1.29, 1.82) is 0 Å². The van der Waals surface area contributed by atoms with Gasteiger partial charge in [-0.25, -0.2) is 0 Å². The molecule has 0 N–H and O–H groups in total. The van der Waals surface area contributed by atoms with Crippen LogP contribution in [0.15, 0.2) is 11.6 Å². The van der Waals surface area contributed by atoms with Crippen LogP contribution in [0.5, 0.6) is 0 Å². The van der Waals surface area contributed by atoms with Crippen molar-refractivity contribution in [2.45, 2.75) is 44.8 Å². The largest absolute Gasteiger partial charge is 0.167 e. The van der Waals surface area contributed by atoms with Gasteiger partial charge in [-0.15, -0.1) is 0 Å². The molecular weight excluding hydrogens is 196 g/mol. The second-order valence-electron chi connectivity index (χ2n) is 5.17. The van der Waals surface area contributed by atoms with Crippen LogP contribution in [0.4, 0.5) is 0 Å². The molecule has 2 aliphatic rings. The van der Waals surface area contributed by atoms with E-state index < -0.39 is 7.38 Å². The first-order chi connectivity index (χ1) is 6.02. The summed E-state index contributed by atoms with van der Waals surface area (Å²) in [5.41, 5.74) is 2.61. The molecular formula is C11H19ClSi. The topological polar surface area (TPSA) is 0 Å². The van der Waals surface area contributed by atoms with Crippen molar-refractivity contribution in [3.8, 4) is 0 Å². The van der Waals surface area contributed by atoms with Crippen LogP contribution in [0.2, 0.25) is 18.6 Å². The molecule has 2 rings (SSSR count). The van der Waals surface area contributed by atoms with E-state index in [0.29, 0.717) is 0 Å². The molecule has 0 nitrogen and oxygen atoms in total. The van der Waals surface area contributed by atoms with Gasteiger partial charge in [0.1, 0.15) is 0 Å². The highest BCUT2D eigenvalue weighted by molar-refractivity contribution is 7.19. The lowest BCUT2D eigenvalue weighted by molar-refractivity contribution is 0.547. The maximum absolute atomic E-state index is 6.54. The van der Waals surface area contributed by atoms with E-state index in [-0.39, 0.29) is 0 Å². The number of halogens is 1. The average molecular weight is 215 g/mol. The fraction of sp³-hybridized carbons (Fsp3) is 0.818. The second kappa shape index (κ2) is 3.13. The maximum atomic E-state index is 6.54. The standard InChI is InChI=1S/C11H19ClSi/c1-4-8-5-10-6-9(8)7-11(10)13(2,3)12/h4,9-11H,5-7H2,1-3H3. The zero-order chi connectivity index (χ0) is 9.64. The van der Waals surface area contributed by atoms with Crippen molar-refractivity contribution in [1.82, 2.24) is 0 Å². The Morgan fingerprint density at radius 3 is 2.46 bits per heavy atom. The first-order valence-electron chi connectivity index (χ1n) is 5.36. The van der Waals surface area contributed by atoms with E-state index in [2.05, 4.69) is 26.1 Å². The monoisotopic (exact) mass is 214 g/mol. The maximum Gasteiger partial charge on any atom is 0.153 e. The van der Waals surface area contributed by atoms with Crippen LogP contribution in [-0.4, -0.2) is 7.38 Å². The Labute approximate surface area is 87.1 Å². The number of hydrogen-bond acceptors (Lipinski definition) is 0. The van der Waals surface area contributed by atoms with Crippen molar-refractivity contribution in [3.63, 3.8) is 0 Å². The van der Waals surface area contributed by atoms with E-state index >= 15 is 0 Å². The van der Waals surface area contributed by atoms with Gasteiger partial charge in [-0.1, -0.05) is 24.7 Å². The molecule has 0 aromatic heterocycles.